The van der Waals surface area contributed by atoms with Crippen molar-refractivity contribution in [2.75, 3.05) is 13.2 Å². The van der Waals surface area contributed by atoms with Crippen LogP contribution in [0.4, 0.5) is 13.6 Å². The number of cyclic esters (lactones) is 1. The Balaban J connectivity index is 1.57. The van der Waals surface area contributed by atoms with Crippen LogP contribution in [-0.2, 0) is 26.3 Å². The van der Waals surface area contributed by atoms with Crippen molar-refractivity contribution in [3.8, 4) is 0 Å². The SMILES string of the molecule is CC(C(=O)N1C(=O)OCC1Cc1ccccc1)C1(c2ccc(F)cc2F)CO1. The highest BCUT2D eigenvalue weighted by atomic mass is 19.1. The average Bonchev–Trinajstić information content (AvgIpc) is 3.40. The van der Waals surface area contributed by atoms with Crippen molar-refractivity contribution < 1.29 is 27.8 Å². The normalized spacial score (nSPS) is 24.8. The summed E-state index contributed by atoms with van der Waals surface area (Å²) in [5.41, 5.74) is -0.116. The molecule has 0 N–H and O–H groups in total. The summed E-state index contributed by atoms with van der Waals surface area (Å²) in [6.07, 6.45) is -0.253. The number of nitrogens with zero attached hydrogens (tertiary/aromatic N) is 1. The molecular formula is C21H19F2NO4. The van der Waals surface area contributed by atoms with Crippen molar-refractivity contribution in [2.24, 2.45) is 5.92 Å². The van der Waals surface area contributed by atoms with Crippen molar-refractivity contribution >= 4 is 12.0 Å². The van der Waals surface area contributed by atoms with E-state index in [0.29, 0.717) is 6.42 Å². The first-order valence-electron chi connectivity index (χ1n) is 9.05. The molecule has 2 aromatic rings. The Kier molecular flexibility index (Phi) is 4.63. The fourth-order valence-electron chi connectivity index (χ4n) is 3.72. The number of rotatable bonds is 5. The highest BCUT2D eigenvalue weighted by Crippen LogP contribution is 2.47. The molecule has 146 valence electrons. The van der Waals surface area contributed by atoms with Crippen LogP contribution >= 0.6 is 0 Å². The number of halogens is 2. The highest BCUT2D eigenvalue weighted by Gasteiger charge is 2.57. The third-order valence-electron chi connectivity index (χ3n) is 5.42. The lowest BCUT2D eigenvalue weighted by Gasteiger charge is -2.26. The molecule has 2 heterocycles. The van der Waals surface area contributed by atoms with Gasteiger partial charge in [-0.3, -0.25) is 4.79 Å². The maximum atomic E-state index is 14.3. The molecule has 7 heteroatoms. The van der Waals surface area contributed by atoms with Crippen molar-refractivity contribution in [3.63, 3.8) is 0 Å². The summed E-state index contributed by atoms with van der Waals surface area (Å²) in [6, 6.07) is 12.2. The predicted molar refractivity (Wildman–Crippen MR) is 95.3 cm³/mol. The molecule has 4 rings (SSSR count). The Morgan fingerprint density at radius 2 is 1.96 bits per heavy atom. The standard InChI is InChI=1S/C21H19F2NO4/c1-13(21(12-28-21)17-8-7-15(22)10-18(17)23)19(25)24-16(11-27-20(24)26)9-14-5-3-2-4-6-14/h2-8,10,13,16H,9,11-12H2,1H3. The lowest BCUT2D eigenvalue weighted by atomic mass is 9.85. The zero-order valence-corrected chi connectivity index (χ0v) is 15.2. The molecule has 3 unspecified atom stereocenters. The van der Waals surface area contributed by atoms with Gasteiger partial charge in [0.2, 0.25) is 5.91 Å². The topological polar surface area (TPSA) is 59.1 Å². The fourth-order valence-corrected chi connectivity index (χ4v) is 3.72. The molecule has 2 saturated heterocycles. The van der Waals surface area contributed by atoms with Gasteiger partial charge in [0.1, 0.15) is 23.8 Å². The monoisotopic (exact) mass is 387 g/mol. The minimum Gasteiger partial charge on any atom is -0.447 e. The van der Waals surface area contributed by atoms with Crippen LogP contribution in [0.3, 0.4) is 0 Å². The summed E-state index contributed by atoms with van der Waals surface area (Å²) >= 11 is 0. The van der Waals surface area contributed by atoms with Crippen LogP contribution in [0.5, 0.6) is 0 Å². The van der Waals surface area contributed by atoms with Gasteiger partial charge >= 0.3 is 6.09 Å². The maximum Gasteiger partial charge on any atom is 0.416 e. The van der Waals surface area contributed by atoms with Crippen molar-refractivity contribution in [3.05, 3.63) is 71.3 Å². The molecule has 2 amide bonds. The van der Waals surface area contributed by atoms with Crippen LogP contribution in [0, 0.1) is 17.6 Å². The Morgan fingerprint density at radius 3 is 2.61 bits per heavy atom. The number of imide groups is 1. The summed E-state index contributed by atoms with van der Waals surface area (Å²) in [7, 11) is 0. The van der Waals surface area contributed by atoms with E-state index in [1.165, 1.54) is 6.07 Å². The van der Waals surface area contributed by atoms with Gasteiger partial charge in [0.15, 0.2) is 0 Å². The van der Waals surface area contributed by atoms with E-state index in [0.717, 1.165) is 22.6 Å². The first kappa shape index (κ1) is 18.6. The number of carbonyl (C=O) groups is 2. The zero-order valence-electron chi connectivity index (χ0n) is 15.2. The maximum absolute atomic E-state index is 14.3. The summed E-state index contributed by atoms with van der Waals surface area (Å²) in [6.45, 7) is 1.81. The van der Waals surface area contributed by atoms with Gasteiger partial charge in [-0.2, -0.15) is 0 Å². The molecule has 0 saturated carbocycles. The molecule has 0 radical (unpaired) electrons. The second kappa shape index (κ2) is 6.98. The first-order chi connectivity index (χ1) is 13.4. The van der Waals surface area contributed by atoms with E-state index in [1.54, 1.807) is 6.92 Å². The smallest absolute Gasteiger partial charge is 0.416 e. The van der Waals surface area contributed by atoms with E-state index in [-0.39, 0.29) is 18.8 Å². The van der Waals surface area contributed by atoms with Crippen LogP contribution in [0.2, 0.25) is 0 Å². The van der Waals surface area contributed by atoms with E-state index in [2.05, 4.69) is 0 Å². The van der Waals surface area contributed by atoms with Gasteiger partial charge in [-0.25, -0.2) is 18.5 Å². The third kappa shape index (κ3) is 3.16. The number of benzene rings is 2. The van der Waals surface area contributed by atoms with Crippen LogP contribution in [0.1, 0.15) is 18.1 Å². The first-order valence-corrected chi connectivity index (χ1v) is 9.05. The molecule has 5 nitrogen and oxygen atoms in total. The molecule has 3 atom stereocenters. The number of hydrogen-bond acceptors (Lipinski definition) is 4. The number of ether oxygens (including phenoxy) is 2. The lowest BCUT2D eigenvalue weighted by molar-refractivity contribution is -0.135. The van der Waals surface area contributed by atoms with Gasteiger partial charge in [0.25, 0.3) is 0 Å². The molecule has 2 aliphatic heterocycles. The van der Waals surface area contributed by atoms with Crippen molar-refractivity contribution in [2.45, 2.75) is 25.0 Å². The largest absolute Gasteiger partial charge is 0.447 e. The van der Waals surface area contributed by atoms with Gasteiger partial charge in [0.05, 0.1) is 18.6 Å². The number of hydrogen-bond donors (Lipinski definition) is 0. The van der Waals surface area contributed by atoms with Crippen LogP contribution in [-0.4, -0.2) is 36.2 Å². The van der Waals surface area contributed by atoms with E-state index >= 15 is 0 Å². The molecule has 0 aromatic heterocycles. The van der Waals surface area contributed by atoms with Gasteiger partial charge < -0.3 is 9.47 Å². The number of amides is 2. The minimum absolute atomic E-state index is 0.102. The minimum atomic E-state index is -1.20. The molecular weight excluding hydrogens is 368 g/mol. The second-order valence-corrected chi connectivity index (χ2v) is 7.15. The summed E-state index contributed by atoms with van der Waals surface area (Å²) in [5, 5.41) is 0. The quantitative estimate of drug-likeness (QED) is 0.738. The molecule has 2 aromatic carbocycles. The summed E-state index contributed by atoms with van der Waals surface area (Å²) < 4.78 is 38.1. The highest BCUT2D eigenvalue weighted by molar-refractivity contribution is 5.95. The summed E-state index contributed by atoms with van der Waals surface area (Å²) in [4.78, 5) is 26.5. The summed E-state index contributed by atoms with van der Waals surface area (Å²) in [5.74, 6) is -2.81. The fraction of sp³-hybridized carbons (Fsp3) is 0.333. The predicted octanol–water partition coefficient (Wildman–Crippen LogP) is 3.42. The number of carbonyl (C=O) groups excluding carboxylic acids is 2. The Bertz CT molecular complexity index is 914. The van der Waals surface area contributed by atoms with Crippen molar-refractivity contribution in [1.82, 2.24) is 4.90 Å². The van der Waals surface area contributed by atoms with Crippen molar-refractivity contribution in [1.29, 1.82) is 0 Å². The third-order valence-corrected chi connectivity index (χ3v) is 5.42. The second-order valence-electron chi connectivity index (χ2n) is 7.15. The van der Waals surface area contributed by atoms with Gasteiger partial charge in [-0.05, 0) is 18.1 Å². The molecule has 2 fully saturated rings. The molecule has 0 bridgehead atoms. The van der Waals surface area contributed by atoms with Gasteiger partial charge in [-0.15, -0.1) is 0 Å². The molecule has 28 heavy (non-hydrogen) atoms. The molecule has 2 aliphatic rings. The van der Waals surface area contributed by atoms with Crippen LogP contribution in [0.15, 0.2) is 48.5 Å². The van der Waals surface area contributed by atoms with E-state index in [4.69, 9.17) is 9.47 Å². The van der Waals surface area contributed by atoms with E-state index in [9.17, 15) is 18.4 Å². The Labute approximate surface area is 160 Å². The zero-order chi connectivity index (χ0) is 19.9. The Morgan fingerprint density at radius 1 is 1.25 bits per heavy atom. The molecule has 0 spiro atoms. The Hall–Kier alpha value is -2.80. The van der Waals surface area contributed by atoms with E-state index < -0.39 is 41.2 Å². The lowest BCUT2D eigenvalue weighted by Crippen LogP contribution is -2.46. The number of epoxide rings is 1. The van der Waals surface area contributed by atoms with Gasteiger partial charge in [-0.1, -0.05) is 43.3 Å². The van der Waals surface area contributed by atoms with E-state index in [1.807, 2.05) is 30.3 Å². The van der Waals surface area contributed by atoms with Gasteiger partial charge in [0, 0.05) is 11.6 Å². The molecule has 0 aliphatic carbocycles. The van der Waals surface area contributed by atoms with Crippen LogP contribution in [0.25, 0.3) is 0 Å². The van der Waals surface area contributed by atoms with Crippen LogP contribution < -0.4 is 0 Å². The average molecular weight is 387 g/mol.